The first kappa shape index (κ1) is 13.0. The summed E-state index contributed by atoms with van der Waals surface area (Å²) < 4.78 is 10.7. The molecule has 2 aromatic rings. The molecule has 1 aliphatic carbocycles. The van der Waals surface area contributed by atoms with Crippen molar-refractivity contribution in [3.05, 3.63) is 23.4 Å². The molecule has 0 fully saturated rings. The normalized spacial score (nSPS) is 17.2. The van der Waals surface area contributed by atoms with E-state index >= 15 is 0 Å². The maximum absolute atomic E-state index is 6.33. The fraction of sp³-hybridized carbons (Fsp3) is 0.400. The van der Waals surface area contributed by atoms with Crippen molar-refractivity contribution in [2.24, 2.45) is 11.7 Å². The van der Waals surface area contributed by atoms with E-state index in [0.29, 0.717) is 24.0 Å². The Morgan fingerprint density at radius 1 is 1.20 bits per heavy atom. The highest BCUT2D eigenvalue weighted by molar-refractivity contribution is 5.94. The van der Waals surface area contributed by atoms with Crippen LogP contribution in [0.1, 0.15) is 11.3 Å². The number of ether oxygens (including phenoxy) is 2. The van der Waals surface area contributed by atoms with Crippen molar-refractivity contribution in [1.82, 2.24) is 4.98 Å². The van der Waals surface area contributed by atoms with Crippen LogP contribution in [0.25, 0.3) is 10.9 Å². The average molecular weight is 273 g/mol. The van der Waals surface area contributed by atoms with E-state index in [0.717, 1.165) is 40.7 Å². The van der Waals surface area contributed by atoms with Gasteiger partial charge >= 0.3 is 0 Å². The molecule has 1 heterocycles. The predicted octanol–water partition coefficient (Wildman–Crippen LogP) is 1.51. The summed E-state index contributed by atoms with van der Waals surface area (Å²) in [7, 11) is 3.23. The van der Waals surface area contributed by atoms with Gasteiger partial charge in [0.05, 0.1) is 19.7 Å². The molecular weight excluding hydrogens is 254 g/mol. The van der Waals surface area contributed by atoms with Gasteiger partial charge in [-0.05, 0) is 36.9 Å². The summed E-state index contributed by atoms with van der Waals surface area (Å²) in [5.74, 6) is 1.78. The molecule has 0 spiro atoms. The minimum atomic E-state index is 0.445. The third-order valence-electron chi connectivity index (χ3n) is 4.03. The van der Waals surface area contributed by atoms with Crippen LogP contribution in [-0.2, 0) is 12.8 Å². The van der Waals surface area contributed by atoms with Crippen LogP contribution in [0, 0.1) is 5.92 Å². The Balaban J connectivity index is 2.22. The summed E-state index contributed by atoms with van der Waals surface area (Å²) in [4.78, 5) is 4.73. The minimum Gasteiger partial charge on any atom is -0.493 e. The van der Waals surface area contributed by atoms with Gasteiger partial charge in [0, 0.05) is 22.8 Å². The molecule has 0 unspecified atom stereocenters. The Hall–Kier alpha value is -2.01. The Morgan fingerprint density at radius 2 is 1.90 bits per heavy atom. The number of pyridine rings is 1. The van der Waals surface area contributed by atoms with Gasteiger partial charge in [-0.2, -0.15) is 0 Å². The zero-order chi connectivity index (χ0) is 14.3. The lowest BCUT2D eigenvalue weighted by Gasteiger charge is -2.12. The van der Waals surface area contributed by atoms with Crippen LogP contribution in [0.3, 0.4) is 0 Å². The Labute approximate surface area is 117 Å². The number of benzene rings is 1. The number of hydrogen-bond acceptors (Lipinski definition) is 5. The van der Waals surface area contributed by atoms with Gasteiger partial charge in [-0.3, -0.25) is 4.98 Å². The van der Waals surface area contributed by atoms with E-state index < -0.39 is 0 Å². The average Bonchev–Trinajstić information content (AvgIpc) is 2.89. The molecule has 0 saturated heterocycles. The molecule has 5 nitrogen and oxygen atoms in total. The van der Waals surface area contributed by atoms with Crippen molar-refractivity contribution in [2.45, 2.75) is 12.8 Å². The molecule has 4 N–H and O–H groups in total. The molecular formula is C15H19N3O2. The maximum atomic E-state index is 6.33. The number of fused-ring (bicyclic) bond motifs is 2. The molecule has 1 aromatic heterocycles. The van der Waals surface area contributed by atoms with Crippen LogP contribution in [0.2, 0.25) is 0 Å². The molecule has 0 saturated carbocycles. The molecule has 0 bridgehead atoms. The van der Waals surface area contributed by atoms with E-state index in [1.165, 1.54) is 0 Å². The number of anilines is 1. The largest absolute Gasteiger partial charge is 0.493 e. The van der Waals surface area contributed by atoms with E-state index in [-0.39, 0.29) is 0 Å². The van der Waals surface area contributed by atoms with Gasteiger partial charge in [0.15, 0.2) is 11.5 Å². The Kier molecular flexibility index (Phi) is 3.14. The lowest BCUT2D eigenvalue weighted by molar-refractivity contribution is 0.356. The number of nitrogens with zero attached hydrogens (tertiary/aromatic N) is 1. The first-order valence-corrected chi connectivity index (χ1v) is 6.71. The van der Waals surface area contributed by atoms with Crippen molar-refractivity contribution in [1.29, 1.82) is 0 Å². The van der Waals surface area contributed by atoms with E-state index in [1.54, 1.807) is 14.2 Å². The van der Waals surface area contributed by atoms with Gasteiger partial charge in [0.1, 0.15) is 0 Å². The lowest BCUT2D eigenvalue weighted by atomic mass is 10.0. The van der Waals surface area contributed by atoms with E-state index in [2.05, 4.69) is 0 Å². The van der Waals surface area contributed by atoms with Crippen molar-refractivity contribution in [2.75, 3.05) is 26.5 Å². The number of nitrogen functional groups attached to an aromatic ring is 1. The smallest absolute Gasteiger partial charge is 0.162 e. The Morgan fingerprint density at radius 3 is 2.55 bits per heavy atom. The zero-order valence-corrected chi connectivity index (χ0v) is 11.8. The number of hydrogen-bond donors (Lipinski definition) is 2. The molecule has 0 aliphatic heterocycles. The van der Waals surface area contributed by atoms with E-state index in [9.17, 15) is 0 Å². The number of methoxy groups -OCH3 is 2. The second-order valence-corrected chi connectivity index (χ2v) is 5.19. The molecule has 1 atom stereocenters. The third kappa shape index (κ3) is 1.86. The summed E-state index contributed by atoms with van der Waals surface area (Å²) in [5.41, 5.74) is 15.9. The van der Waals surface area contributed by atoms with Crippen LogP contribution in [0.15, 0.2) is 12.1 Å². The molecule has 1 aliphatic rings. The lowest BCUT2D eigenvalue weighted by Crippen LogP contribution is -2.14. The SMILES string of the molecule is COc1cc2nc3c(c(N)c2cc1OC)C[C@H](CN)C3. The van der Waals surface area contributed by atoms with Crippen molar-refractivity contribution in [3.8, 4) is 11.5 Å². The topological polar surface area (TPSA) is 83.4 Å². The number of aromatic nitrogens is 1. The fourth-order valence-corrected chi connectivity index (χ4v) is 2.90. The fourth-order valence-electron chi connectivity index (χ4n) is 2.90. The van der Waals surface area contributed by atoms with Crippen molar-refractivity contribution in [3.63, 3.8) is 0 Å². The maximum Gasteiger partial charge on any atom is 0.162 e. The van der Waals surface area contributed by atoms with Crippen LogP contribution in [0.5, 0.6) is 11.5 Å². The molecule has 20 heavy (non-hydrogen) atoms. The standard InChI is InChI=1S/C15H19N3O2/c1-19-13-5-10-12(6-14(13)20-2)18-11-4-8(7-16)3-9(11)15(10)17/h5-6,8H,3-4,7,16H2,1-2H3,(H2,17,18)/t8-/m0/s1. The summed E-state index contributed by atoms with van der Waals surface area (Å²) >= 11 is 0. The second kappa shape index (κ2) is 4.83. The highest BCUT2D eigenvalue weighted by Gasteiger charge is 2.25. The zero-order valence-electron chi connectivity index (χ0n) is 11.8. The van der Waals surface area contributed by atoms with Gasteiger partial charge in [0.2, 0.25) is 0 Å². The quantitative estimate of drug-likeness (QED) is 0.885. The van der Waals surface area contributed by atoms with Gasteiger partial charge < -0.3 is 20.9 Å². The first-order chi connectivity index (χ1) is 9.67. The van der Waals surface area contributed by atoms with Crippen LogP contribution in [0.4, 0.5) is 5.69 Å². The van der Waals surface area contributed by atoms with E-state index in [1.807, 2.05) is 12.1 Å². The van der Waals surface area contributed by atoms with Gasteiger partial charge in [-0.25, -0.2) is 0 Å². The van der Waals surface area contributed by atoms with Crippen LogP contribution in [-0.4, -0.2) is 25.7 Å². The number of nitrogens with two attached hydrogens (primary N) is 2. The summed E-state index contributed by atoms with van der Waals surface area (Å²) in [6, 6.07) is 3.77. The predicted molar refractivity (Wildman–Crippen MR) is 79.2 cm³/mol. The van der Waals surface area contributed by atoms with E-state index in [4.69, 9.17) is 25.9 Å². The molecule has 106 valence electrons. The number of rotatable bonds is 3. The Bertz CT molecular complexity index is 670. The summed E-state index contributed by atoms with van der Waals surface area (Å²) in [5, 5.41) is 0.916. The molecule has 1 aromatic carbocycles. The second-order valence-electron chi connectivity index (χ2n) is 5.19. The van der Waals surface area contributed by atoms with Gasteiger partial charge in [-0.15, -0.1) is 0 Å². The molecule has 0 radical (unpaired) electrons. The molecule has 0 amide bonds. The molecule has 5 heteroatoms. The highest BCUT2D eigenvalue weighted by atomic mass is 16.5. The van der Waals surface area contributed by atoms with Gasteiger partial charge in [-0.1, -0.05) is 0 Å². The minimum absolute atomic E-state index is 0.445. The summed E-state index contributed by atoms with van der Waals surface area (Å²) in [6.07, 6.45) is 1.81. The first-order valence-electron chi connectivity index (χ1n) is 6.71. The molecule has 3 rings (SSSR count). The van der Waals surface area contributed by atoms with Crippen molar-refractivity contribution >= 4 is 16.6 Å². The highest BCUT2D eigenvalue weighted by Crippen LogP contribution is 2.38. The van der Waals surface area contributed by atoms with Crippen molar-refractivity contribution < 1.29 is 9.47 Å². The van der Waals surface area contributed by atoms with Crippen LogP contribution >= 0.6 is 0 Å². The van der Waals surface area contributed by atoms with Gasteiger partial charge in [0.25, 0.3) is 0 Å². The third-order valence-corrected chi connectivity index (χ3v) is 4.03. The summed E-state index contributed by atoms with van der Waals surface area (Å²) in [6.45, 7) is 0.665. The van der Waals surface area contributed by atoms with Crippen LogP contribution < -0.4 is 20.9 Å². The monoisotopic (exact) mass is 273 g/mol.